The predicted molar refractivity (Wildman–Crippen MR) is 246 cm³/mol. The third-order valence-electron chi connectivity index (χ3n) is 11.4. The van der Waals surface area contributed by atoms with E-state index in [1.807, 2.05) is 6.08 Å². The Labute approximate surface area is 383 Å². The molecule has 64 heavy (non-hydrogen) atoms. The van der Waals surface area contributed by atoms with Gasteiger partial charge in [0.2, 0.25) is 0 Å². The molecular formula is C46H86O16P2. The zero-order chi connectivity index (χ0) is 47.5. The second kappa shape index (κ2) is 37.5. The van der Waals surface area contributed by atoms with Gasteiger partial charge in [-0.15, -0.1) is 0 Å². The molecule has 0 aromatic heterocycles. The topological polar surface area (TPSA) is 256 Å². The number of carbonyl (C=O) groups is 2. The number of hydrogen-bond acceptors (Lipinski definition) is 13. The van der Waals surface area contributed by atoms with Crippen LogP contribution in [-0.2, 0) is 41.8 Å². The maximum atomic E-state index is 12.7. The summed E-state index contributed by atoms with van der Waals surface area (Å²) in [4.78, 5) is 53.1. The van der Waals surface area contributed by atoms with Crippen LogP contribution in [0.2, 0.25) is 0 Å². The molecule has 376 valence electrons. The van der Waals surface area contributed by atoms with E-state index in [1.54, 1.807) is 6.08 Å². The number of unbranched alkanes of at least 4 members (excludes halogenated alkanes) is 18. The SMILES string of the molecule is CCCCCCCC/C=C\CCCCCCCCCC(=O)O[C@H](COC(=O)CCCCCC[C@@H]1[C@@H](/C=C/[C@@H](O)CCCCC)[C@H](O)C[C@@H]1O)COP(=O)(O)OC[C@@H](O)COP(=O)(O)O. The molecule has 1 saturated carbocycles. The van der Waals surface area contributed by atoms with Crippen LogP contribution in [0.1, 0.15) is 187 Å². The molecule has 0 bridgehead atoms. The summed E-state index contributed by atoms with van der Waals surface area (Å²) in [6.07, 6.45) is 27.9. The Hall–Kier alpha value is -1.52. The number of rotatable bonds is 42. The highest BCUT2D eigenvalue weighted by Gasteiger charge is 2.39. The average Bonchev–Trinajstić information content (AvgIpc) is 3.51. The van der Waals surface area contributed by atoms with Crippen LogP contribution < -0.4 is 0 Å². The fourth-order valence-electron chi connectivity index (χ4n) is 7.67. The third kappa shape index (κ3) is 33.9. The van der Waals surface area contributed by atoms with Crippen LogP contribution in [0.25, 0.3) is 0 Å². The van der Waals surface area contributed by atoms with Gasteiger partial charge in [0.1, 0.15) is 12.7 Å². The van der Waals surface area contributed by atoms with Crippen molar-refractivity contribution >= 4 is 27.6 Å². The maximum absolute atomic E-state index is 12.7. The van der Waals surface area contributed by atoms with Gasteiger partial charge in [-0.25, -0.2) is 9.13 Å². The smallest absolute Gasteiger partial charge is 0.462 e. The Bertz CT molecular complexity index is 1340. The van der Waals surface area contributed by atoms with Crippen LogP contribution in [-0.4, -0.2) is 104 Å². The van der Waals surface area contributed by atoms with Crippen molar-refractivity contribution in [1.82, 2.24) is 0 Å². The first-order valence-corrected chi connectivity index (χ1v) is 27.3. The molecule has 1 unspecified atom stereocenters. The van der Waals surface area contributed by atoms with Gasteiger partial charge in [-0.05, 0) is 57.3 Å². The molecule has 18 heteroatoms. The van der Waals surface area contributed by atoms with Gasteiger partial charge in [0, 0.05) is 25.2 Å². The lowest BCUT2D eigenvalue weighted by Crippen LogP contribution is -2.30. The van der Waals surface area contributed by atoms with Crippen LogP contribution >= 0.6 is 15.6 Å². The molecule has 8 atom stereocenters. The summed E-state index contributed by atoms with van der Waals surface area (Å²) < 4.78 is 47.9. The van der Waals surface area contributed by atoms with Crippen LogP contribution in [0.4, 0.5) is 0 Å². The summed E-state index contributed by atoms with van der Waals surface area (Å²) >= 11 is 0. The van der Waals surface area contributed by atoms with E-state index in [-0.39, 0.29) is 24.7 Å². The van der Waals surface area contributed by atoms with Crippen LogP contribution in [0.3, 0.4) is 0 Å². The number of ether oxygens (including phenoxy) is 2. The minimum Gasteiger partial charge on any atom is -0.462 e. The lowest BCUT2D eigenvalue weighted by molar-refractivity contribution is -0.161. The van der Waals surface area contributed by atoms with Gasteiger partial charge in [-0.1, -0.05) is 141 Å². The number of hydrogen-bond donors (Lipinski definition) is 7. The highest BCUT2D eigenvalue weighted by molar-refractivity contribution is 7.47. The summed E-state index contributed by atoms with van der Waals surface area (Å²) in [5.41, 5.74) is 0. The Kier molecular flexibility index (Phi) is 35.4. The Morgan fingerprint density at radius 1 is 0.625 bits per heavy atom. The first-order valence-electron chi connectivity index (χ1n) is 24.3. The van der Waals surface area contributed by atoms with Crippen molar-refractivity contribution in [3.8, 4) is 0 Å². The van der Waals surface area contributed by atoms with E-state index < -0.39 is 84.5 Å². The average molecular weight is 957 g/mol. The van der Waals surface area contributed by atoms with Gasteiger partial charge in [0.15, 0.2) is 6.10 Å². The Balaban J connectivity index is 2.49. The summed E-state index contributed by atoms with van der Waals surface area (Å²) in [7, 11) is -9.76. The molecule has 1 aliphatic carbocycles. The van der Waals surface area contributed by atoms with E-state index in [9.17, 15) is 44.0 Å². The Morgan fingerprint density at radius 3 is 1.75 bits per heavy atom. The van der Waals surface area contributed by atoms with E-state index in [1.165, 1.54) is 38.5 Å². The van der Waals surface area contributed by atoms with Gasteiger partial charge in [0.25, 0.3) is 0 Å². The molecule has 0 aromatic carbocycles. The molecule has 0 amide bonds. The second-order valence-corrected chi connectivity index (χ2v) is 20.0. The van der Waals surface area contributed by atoms with Crippen molar-refractivity contribution in [2.45, 2.75) is 218 Å². The van der Waals surface area contributed by atoms with Gasteiger partial charge >= 0.3 is 27.6 Å². The minimum atomic E-state index is -4.89. The van der Waals surface area contributed by atoms with E-state index in [4.69, 9.17) is 28.3 Å². The van der Waals surface area contributed by atoms with E-state index >= 15 is 0 Å². The number of aliphatic hydroxyl groups excluding tert-OH is 4. The van der Waals surface area contributed by atoms with Crippen LogP contribution in [0, 0.1) is 11.8 Å². The fraction of sp³-hybridized carbons (Fsp3) is 0.870. The van der Waals surface area contributed by atoms with E-state index in [2.05, 4.69) is 30.5 Å². The molecule has 1 fully saturated rings. The van der Waals surface area contributed by atoms with E-state index in [0.29, 0.717) is 38.5 Å². The van der Waals surface area contributed by atoms with Crippen molar-refractivity contribution in [3.05, 3.63) is 24.3 Å². The quantitative estimate of drug-likeness (QED) is 0.0130. The first kappa shape index (κ1) is 60.5. The minimum absolute atomic E-state index is 0.0692. The second-order valence-electron chi connectivity index (χ2n) is 17.3. The van der Waals surface area contributed by atoms with Crippen LogP contribution in [0.5, 0.6) is 0 Å². The van der Waals surface area contributed by atoms with Crippen LogP contribution in [0.15, 0.2) is 24.3 Å². The lowest BCUT2D eigenvalue weighted by atomic mass is 9.88. The summed E-state index contributed by atoms with van der Waals surface area (Å²) in [5.74, 6) is -1.53. The van der Waals surface area contributed by atoms with Gasteiger partial charge in [-0.3, -0.25) is 23.2 Å². The standard InChI is InChI=1S/C46H86O16P2/c1-3-5-7-8-9-10-11-12-13-14-15-16-17-18-19-20-26-30-46(52)62-40(37-61-64(56,57)60-35-39(48)34-59-63(53,54)55)36-58-45(51)29-25-22-21-24-28-41-42(44(50)33-43(41)49)32-31-38(47)27-23-6-4-2/h12-13,31-32,38-44,47-50H,3-11,14-30,33-37H2,1-2H3,(H,56,57)(H2,53,54,55)/b13-12-,32-31+/t38-,39-,40+,41+,42+,43-,44+/m0/s1. The monoisotopic (exact) mass is 957 g/mol. The van der Waals surface area contributed by atoms with Gasteiger partial charge in [0.05, 0.1) is 38.1 Å². The number of allylic oxidation sites excluding steroid dienone is 2. The summed E-state index contributed by atoms with van der Waals surface area (Å²) in [5, 5.41) is 41.2. The molecule has 0 heterocycles. The van der Waals surface area contributed by atoms with Crippen molar-refractivity contribution in [2.75, 3.05) is 26.4 Å². The highest BCUT2D eigenvalue weighted by Crippen LogP contribution is 2.44. The molecule has 0 aliphatic heterocycles. The van der Waals surface area contributed by atoms with Crippen molar-refractivity contribution < 1.29 is 76.9 Å². The molecule has 0 spiro atoms. The number of phosphoric ester groups is 2. The normalized spacial score (nSPS) is 20.5. The summed E-state index contributed by atoms with van der Waals surface area (Å²) in [6.45, 7) is 1.44. The van der Waals surface area contributed by atoms with Gasteiger partial charge in [-0.2, -0.15) is 0 Å². The number of esters is 2. The number of carbonyl (C=O) groups excluding carboxylic acids is 2. The molecular weight excluding hydrogens is 870 g/mol. The first-order chi connectivity index (χ1) is 30.6. The maximum Gasteiger partial charge on any atom is 0.472 e. The molecule has 0 saturated heterocycles. The molecule has 16 nitrogen and oxygen atoms in total. The molecule has 7 N–H and O–H groups in total. The zero-order valence-corrected chi connectivity index (χ0v) is 40.8. The molecule has 1 aliphatic rings. The zero-order valence-electron chi connectivity index (χ0n) is 39.0. The van der Waals surface area contributed by atoms with Gasteiger partial charge < -0.3 is 44.6 Å². The molecule has 1 rings (SSSR count). The fourth-order valence-corrected chi connectivity index (χ4v) is 8.83. The van der Waals surface area contributed by atoms with Crippen molar-refractivity contribution in [3.63, 3.8) is 0 Å². The highest BCUT2D eigenvalue weighted by atomic mass is 31.2. The molecule has 0 radical (unpaired) electrons. The van der Waals surface area contributed by atoms with Crippen molar-refractivity contribution in [1.29, 1.82) is 0 Å². The van der Waals surface area contributed by atoms with E-state index in [0.717, 1.165) is 83.5 Å². The van der Waals surface area contributed by atoms with Crippen molar-refractivity contribution in [2.24, 2.45) is 11.8 Å². The third-order valence-corrected chi connectivity index (χ3v) is 12.8. The molecule has 0 aromatic rings. The lowest BCUT2D eigenvalue weighted by Gasteiger charge is -2.21. The predicted octanol–water partition coefficient (Wildman–Crippen LogP) is 9.06. The number of aliphatic hydroxyl groups is 4. The summed E-state index contributed by atoms with van der Waals surface area (Å²) in [6, 6.07) is 0. The number of phosphoric acid groups is 2. The Morgan fingerprint density at radius 2 is 1.14 bits per heavy atom. The largest absolute Gasteiger partial charge is 0.472 e.